The monoisotopic (exact) mass is 440 g/mol. The number of thiazole rings is 1. The van der Waals surface area contributed by atoms with Crippen molar-refractivity contribution in [3.8, 4) is 5.13 Å². The van der Waals surface area contributed by atoms with Crippen molar-refractivity contribution in [3.05, 3.63) is 69.3 Å². The van der Waals surface area contributed by atoms with Crippen LogP contribution in [0.4, 0.5) is 5.82 Å². The number of fused-ring (bicyclic) bond motifs is 1. The Morgan fingerprint density at radius 3 is 2.70 bits per heavy atom. The molecule has 4 rings (SSSR count). The highest BCUT2D eigenvalue weighted by Gasteiger charge is 2.17. The first kappa shape index (κ1) is 17.9. The summed E-state index contributed by atoms with van der Waals surface area (Å²) in [4.78, 5) is 17.5. The maximum absolute atomic E-state index is 12.7. The van der Waals surface area contributed by atoms with Crippen molar-refractivity contribution in [2.24, 2.45) is 0 Å². The average Bonchev–Trinajstić information content (AvgIpc) is 3.18. The van der Waals surface area contributed by atoms with E-state index in [-0.39, 0.29) is 5.91 Å². The molecule has 5 nitrogen and oxygen atoms in total. The Balaban J connectivity index is 1.75. The molecule has 0 radical (unpaired) electrons. The zero-order valence-corrected chi connectivity index (χ0v) is 17.5. The Bertz CT molecular complexity index is 1180. The lowest BCUT2D eigenvalue weighted by Gasteiger charge is -2.07. The Kier molecular flexibility index (Phi) is 4.57. The second-order valence-corrected chi connectivity index (χ2v) is 8.31. The lowest BCUT2D eigenvalue weighted by Crippen LogP contribution is -2.15. The molecule has 7 heteroatoms. The molecule has 0 saturated heterocycles. The lowest BCUT2D eigenvalue weighted by molar-refractivity contribution is 0.102. The third-order valence-electron chi connectivity index (χ3n) is 4.19. The van der Waals surface area contributed by atoms with Crippen molar-refractivity contribution >= 4 is 49.2 Å². The van der Waals surface area contributed by atoms with E-state index in [0.717, 1.165) is 31.1 Å². The Morgan fingerprint density at radius 2 is 1.93 bits per heavy atom. The van der Waals surface area contributed by atoms with Crippen LogP contribution in [0.2, 0.25) is 0 Å². The number of carbonyl (C=O) groups excluding carboxylic acids is 1. The van der Waals surface area contributed by atoms with Crippen molar-refractivity contribution in [2.75, 3.05) is 5.32 Å². The largest absolute Gasteiger partial charge is 0.306 e. The minimum absolute atomic E-state index is 0.197. The predicted molar refractivity (Wildman–Crippen MR) is 113 cm³/mol. The summed E-state index contributed by atoms with van der Waals surface area (Å²) in [7, 11) is 0. The summed E-state index contributed by atoms with van der Waals surface area (Å²) in [6.45, 7) is 6.03. The molecule has 0 aliphatic heterocycles. The van der Waals surface area contributed by atoms with Crippen LogP contribution >= 0.6 is 27.3 Å². The quantitative estimate of drug-likeness (QED) is 0.462. The van der Waals surface area contributed by atoms with Crippen LogP contribution in [0.15, 0.2) is 46.9 Å². The molecule has 0 aliphatic carbocycles. The van der Waals surface area contributed by atoms with Gasteiger partial charge in [0.05, 0.1) is 21.5 Å². The van der Waals surface area contributed by atoms with Gasteiger partial charge in [0, 0.05) is 10.5 Å². The number of rotatable bonds is 3. The van der Waals surface area contributed by atoms with Crippen LogP contribution in [-0.4, -0.2) is 20.7 Å². The molecule has 2 aromatic heterocycles. The fraction of sp³-hybridized carbons (Fsp3) is 0.150. The molecule has 0 atom stereocenters. The number of aryl methyl sites for hydroxylation is 3. The van der Waals surface area contributed by atoms with E-state index in [4.69, 9.17) is 4.98 Å². The number of hydrogen-bond donors (Lipinski definition) is 1. The van der Waals surface area contributed by atoms with Crippen LogP contribution < -0.4 is 5.32 Å². The fourth-order valence-electron chi connectivity index (χ4n) is 3.01. The molecule has 2 heterocycles. The summed E-state index contributed by atoms with van der Waals surface area (Å²) < 4.78 is 3.55. The number of anilines is 1. The predicted octanol–water partition coefficient (Wildman–Crippen LogP) is 5.42. The summed E-state index contributed by atoms with van der Waals surface area (Å²) >= 11 is 4.98. The highest BCUT2D eigenvalue weighted by molar-refractivity contribution is 9.10. The van der Waals surface area contributed by atoms with Crippen molar-refractivity contribution in [1.29, 1.82) is 0 Å². The summed E-state index contributed by atoms with van der Waals surface area (Å²) in [5.74, 6) is 0.401. The SMILES string of the molecule is Cc1cc(C)c2nc(-n3nc(C)cc3NC(=O)c3ccccc3Br)sc2c1. The molecule has 136 valence electrons. The first-order valence-electron chi connectivity index (χ1n) is 8.43. The van der Waals surface area contributed by atoms with Crippen LogP contribution in [-0.2, 0) is 0 Å². The summed E-state index contributed by atoms with van der Waals surface area (Å²) in [6.07, 6.45) is 0. The van der Waals surface area contributed by atoms with Crippen LogP contribution in [0.25, 0.3) is 15.3 Å². The van der Waals surface area contributed by atoms with Gasteiger partial charge in [-0.15, -0.1) is 0 Å². The molecule has 0 unspecified atom stereocenters. The molecule has 2 aromatic carbocycles. The zero-order chi connectivity index (χ0) is 19.1. The molecule has 0 fully saturated rings. The van der Waals surface area contributed by atoms with E-state index in [0.29, 0.717) is 11.4 Å². The van der Waals surface area contributed by atoms with E-state index < -0.39 is 0 Å². The third kappa shape index (κ3) is 3.40. The first-order chi connectivity index (χ1) is 12.9. The van der Waals surface area contributed by atoms with E-state index >= 15 is 0 Å². The maximum Gasteiger partial charge on any atom is 0.257 e. The summed E-state index contributed by atoms with van der Waals surface area (Å²) in [5, 5.41) is 8.22. The van der Waals surface area contributed by atoms with E-state index in [2.05, 4.69) is 52.3 Å². The normalized spacial score (nSPS) is 11.1. The molecule has 0 aliphatic rings. The van der Waals surface area contributed by atoms with Gasteiger partial charge in [0.25, 0.3) is 5.91 Å². The van der Waals surface area contributed by atoms with Gasteiger partial charge < -0.3 is 5.32 Å². The van der Waals surface area contributed by atoms with Gasteiger partial charge in [-0.3, -0.25) is 4.79 Å². The second-order valence-electron chi connectivity index (χ2n) is 6.44. The molecule has 4 aromatic rings. The highest BCUT2D eigenvalue weighted by Crippen LogP contribution is 2.30. The van der Waals surface area contributed by atoms with E-state index in [9.17, 15) is 4.79 Å². The van der Waals surface area contributed by atoms with Crippen LogP contribution in [0.5, 0.6) is 0 Å². The molecule has 27 heavy (non-hydrogen) atoms. The molecule has 1 amide bonds. The van der Waals surface area contributed by atoms with Gasteiger partial charge in [-0.1, -0.05) is 29.5 Å². The molecular formula is C20H17BrN4OS. The first-order valence-corrected chi connectivity index (χ1v) is 10.0. The summed E-state index contributed by atoms with van der Waals surface area (Å²) in [6, 6.07) is 13.4. The van der Waals surface area contributed by atoms with Crippen molar-refractivity contribution < 1.29 is 4.79 Å². The Morgan fingerprint density at radius 1 is 1.15 bits per heavy atom. The second kappa shape index (κ2) is 6.90. The van der Waals surface area contributed by atoms with Gasteiger partial charge in [-0.05, 0) is 66.0 Å². The molecule has 0 saturated carbocycles. The van der Waals surface area contributed by atoms with Gasteiger partial charge in [0.1, 0.15) is 5.82 Å². The van der Waals surface area contributed by atoms with Gasteiger partial charge in [-0.2, -0.15) is 9.78 Å². The number of carbonyl (C=O) groups is 1. The molecular weight excluding hydrogens is 424 g/mol. The number of nitrogens with zero attached hydrogens (tertiary/aromatic N) is 3. The number of nitrogens with one attached hydrogen (secondary N) is 1. The van der Waals surface area contributed by atoms with Crippen LogP contribution in [0.3, 0.4) is 0 Å². The minimum Gasteiger partial charge on any atom is -0.306 e. The van der Waals surface area contributed by atoms with E-state index in [1.807, 2.05) is 31.2 Å². The van der Waals surface area contributed by atoms with Gasteiger partial charge >= 0.3 is 0 Å². The van der Waals surface area contributed by atoms with Gasteiger partial charge in [0.15, 0.2) is 0 Å². The average molecular weight is 441 g/mol. The zero-order valence-electron chi connectivity index (χ0n) is 15.1. The maximum atomic E-state index is 12.7. The minimum atomic E-state index is -0.197. The molecule has 1 N–H and O–H groups in total. The van der Waals surface area contributed by atoms with Crippen molar-refractivity contribution in [2.45, 2.75) is 20.8 Å². The van der Waals surface area contributed by atoms with Crippen LogP contribution in [0, 0.1) is 20.8 Å². The number of hydrogen-bond acceptors (Lipinski definition) is 4. The van der Waals surface area contributed by atoms with E-state index in [1.165, 1.54) is 5.56 Å². The lowest BCUT2D eigenvalue weighted by atomic mass is 10.1. The smallest absolute Gasteiger partial charge is 0.257 e. The topological polar surface area (TPSA) is 59.8 Å². The number of aromatic nitrogens is 3. The fourth-order valence-corrected chi connectivity index (χ4v) is 4.59. The molecule has 0 spiro atoms. The Labute approximate surface area is 169 Å². The van der Waals surface area contributed by atoms with Crippen LogP contribution in [0.1, 0.15) is 27.2 Å². The summed E-state index contributed by atoms with van der Waals surface area (Å²) in [5.41, 5.74) is 4.68. The standard InChI is InChI=1S/C20H17BrN4OS/c1-11-8-12(2)18-16(9-11)27-20(23-18)25-17(10-13(3)24-25)22-19(26)14-6-4-5-7-15(14)21/h4-10H,1-3H3,(H,22,26). The molecule has 0 bridgehead atoms. The Hall–Kier alpha value is -2.51. The van der Waals surface area contributed by atoms with Crippen molar-refractivity contribution in [1.82, 2.24) is 14.8 Å². The van der Waals surface area contributed by atoms with E-state index in [1.54, 1.807) is 22.1 Å². The van der Waals surface area contributed by atoms with Gasteiger partial charge in [-0.25, -0.2) is 4.98 Å². The van der Waals surface area contributed by atoms with Crippen molar-refractivity contribution in [3.63, 3.8) is 0 Å². The number of benzene rings is 2. The van der Waals surface area contributed by atoms with Gasteiger partial charge in [0.2, 0.25) is 5.13 Å². The highest BCUT2D eigenvalue weighted by atomic mass is 79.9. The third-order valence-corrected chi connectivity index (χ3v) is 5.86. The number of amides is 1. The number of halogens is 1.